The minimum absolute atomic E-state index is 0.0947. The van der Waals surface area contributed by atoms with E-state index in [-0.39, 0.29) is 18.2 Å². The number of carboxylic acid groups (broad SMARTS) is 1. The topological polar surface area (TPSA) is 87.2 Å². The first-order chi connectivity index (χ1) is 9.89. The van der Waals surface area contributed by atoms with Crippen LogP contribution in [0.15, 0.2) is 0 Å². The van der Waals surface area contributed by atoms with Crippen LogP contribution in [-0.2, 0) is 19.7 Å². The van der Waals surface area contributed by atoms with E-state index in [0.717, 1.165) is 12.8 Å². The van der Waals surface area contributed by atoms with E-state index in [0.29, 0.717) is 32.5 Å². The van der Waals surface area contributed by atoms with Crippen LogP contribution in [0.25, 0.3) is 0 Å². The van der Waals surface area contributed by atoms with Crippen LogP contribution < -0.4 is 0 Å². The molecule has 0 saturated carbocycles. The lowest BCUT2D eigenvalue weighted by Gasteiger charge is -2.41. The predicted octanol–water partition coefficient (Wildman–Crippen LogP) is 0.280. The largest absolute Gasteiger partial charge is 0.481 e. The molecule has 21 heavy (non-hydrogen) atoms. The van der Waals surface area contributed by atoms with Crippen molar-refractivity contribution >= 4 is 16.2 Å². The Bertz CT molecular complexity index is 509. The molecule has 3 aliphatic rings. The zero-order valence-electron chi connectivity index (χ0n) is 12.1. The summed E-state index contributed by atoms with van der Waals surface area (Å²) in [6, 6.07) is -0.319. The Kier molecular flexibility index (Phi) is 3.98. The molecule has 0 aromatic rings. The molecule has 4 atom stereocenters. The first kappa shape index (κ1) is 15.2. The summed E-state index contributed by atoms with van der Waals surface area (Å²) in [4.78, 5) is 11.2. The van der Waals surface area contributed by atoms with Crippen molar-refractivity contribution in [3.63, 3.8) is 0 Å². The SMILES string of the molecule is CC1CN(S(=O)(=O)N2[C@@H]3CC[C@H]2CC(C(=O)O)C3)CCO1. The molecule has 3 saturated heterocycles. The summed E-state index contributed by atoms with van der Waals surface area (Å²) < 4.78 is 34.2. The van der Waals surface area contributed by atoms with Crippen molar-refractivity contribution in [3.05, 3.63) is 0 Å². The molecule has 0 spiro atoms. The number of nitrogens with zero attached hydrogens (tertiary/aromatic N) is 2. The van der Waals surface area contributed by atoms with E-state index >= 15 is 0 Å². The molecule has 2 unspecified atom stereocenters. The number of carbonyl (C=O) groups is 1. The molecule has 0 aromatic carbocycles. The highest BCUT2D eigenvalue weighted by atomic mass is 32.2. The van der Waals surface area contributed by atoms with Crippen LogP contribution in [-0.4, -0.2) is 66.0 Å². The molecule has 3 aliphatic heterocycles. The van der Waals surface area contributed by atoms with Crippen LogP contribution >= 0.6 is 0 Å². The molecular formula is C13H22N2O5S. The predicted molar refractivity (Wildman–Crippen MR) is 74.9 cm³/mol. The van der Waals surface area contributed by atoms with Gasteiger partial charge in [-0.1, -0.05) is 0 Å². The molecule has 0 radical (unpaired) electrons. The molecule has 120 valence electrons. The van der Waals surface area contributed by atoms with Gasteiger partial charge in [0.15, 0.2) is 0 Å². The van der Waals surface area contributed by atoms with Crippen molar-refractivity contribution in [1.29, 1.82) is 0 Å². The first-order valence-electron chi connectivity index (χ1n) is 7.52. The Labute approximate surface area is 125 Å². The number of hydrogen-bond acceptors (Lipinski definition) is 4. The van der Waals surface area contributed by atoms with Gasteiger partial charge in [-0.05, 0) is 32.6 Å². The smallest absolute Gasteiger partial charge is 0.306 e. The van der Waals surface area contributed by atoms with Gasteiger partial charge in [0.1, 0.15) is 0 Å². The Hall–Kier alpha value is -0.700. The normalized spacial score (nSPS) is 38.5. The lowest BCUT2D eigenvalue weighted by atomic mass is 9.93. The van der Waals surface area contributed by atoms with Crippen molar-refractivity contribution in [2.45, 2.75) is 50.8 Å². The number of fused-ring (bicyclic) bond motifs is 2. The van der Waals surface area contributed by atoms with Crippen LogP contribution in [0.2, 0.25) is 0 Å². The molecule has 2 bridgehead atoms. The van der Waals surface area contributed by atoms with Crippen LogP contribution in [0.1, 0.15) is 32.6 Å². The fourth-order valence-electron chi connectivity index (χ4n) is 3.84. The van der Waals surface area contributed by atoms with Crippen molar-refractivity contribution < 1.29 is 23.1 Å². The average Bonchev–Trinajstić information content (AvgIpc) is 2.70. The molecule has 0 aliphatic carbocycles. The molecule has 3 heterocycles. The molecule has 0 aromatic heterocycles. The van der Waals surface area contributed by atoms with Gasteiger partial charge in [-0.3, -0.25) is 4.79 Å². The second-order valence-electron chi connectivity index (χ2n) is 6.27. The summed E-state index contributed by atoms with van der Waals surface area (Å²) in [6.07, 6.45) is 2.32. The van der Waals surface area contributed by atoms with Gasteiger partial charge in [0.2, 0.25) is 0 Å². The molecular weight excluding hydrogens is 296 g/mol. The van der Waals surface area contributed by atoms with Gasteiger partial charge >= 0.3 is 5.97 Å². The monoisotopic (exact) mass is 318 g/mol. The maximum Gasteiger partial charge on any atom is 0.306 e. The minimum Gasteiger partial charge on any atom is -0.481 e. The number of piperidine rings is 1. The maximum absolute atomic E-state index is 12.9. The third kappa shape index (κ3) is 2.69. The van der Waals surface area contributed by atoms with E-state index in [1.54, 1.807) is 4.31 Å². The number of carboxylic acids is 1. The average molecular weight is 318 g/mol. The van der Waals surface area contributed by atoms with Gasteiger partial charge < -0.3 is 9.84 Å². The van der Waals surface area contributed by atoms with Crippen molar-refractivity contribution in [1.82, 2.24) is 8.61 Å². The van der Waals surface area contributed by atoms with Crippen LogP contribution in [0.3, 0.4) is 0 Å². The maximum atomic E-state index is 12.9. The number of hydrogen-bond donors (Lipinski definition) is 1. The van der Waals surface area contributed by atoms with Gasteiger partial charge in [-0.2, -0.15) is 17.0 Å². The number of ether oxygens (including phenoxy) is 1. The van der Waals surface area contributed by atoms with E-state index in [1.807, 2.05) is 6.92 Å². The number of morpholine rings is 1. The van der Waals surface area contributed by atoms with E-state index in [1.165, 1.54) is 4.31 Å². The Morgan fingerprint density at radius 2 is 1.86 bits per heavy atom. The Morgan fingerprint density at radius 3 is 2.38 bits per heavy atom. The number of rotatable bonds is 3. The summed E-state index contributed by atoms with van der Waals surface area (Å²) in [6.45, 7) is 3.04. The highest BCUT2D eigenvalue weighted by Gasteiger charge is 2.50. The van der Waals surface area contributed by atoms with Crippen molar-refractivity contribution in [3.8, 4) is 0 Å². The van der Waals surface area contributed by atoms with E-state index in [4.69, 9.17) is 4.74 Å². The quantitative estimate of drug-likeness (QED) is 0.807. The summed E-state index contributed by atoms with van der Waals surface area (Å²) in [5.41, 5.74) is 0. The molecule has 1 N–H and O–H groups in total. The zero-order valence-corrected chi connectivity index (χ0v) is 13.0. The van der Waals surface area contributed by atoms with E-state index < -0.39 is 22.1 Å². The third-order valence-electron chi connectivity index (χ3n) is 4.81. The molecule has 7 nitrogen and oxygen atoms in total. The Morgan fingerprint density at radius 1 is 1.24 bits per heavy atom. The van der Waals surface area contributed by atoms with Gasteiger partial charge in [0, 0.05) is 25.2 Å². The van der Waals surface area contributed by atoms with Crippen LogP contribution in [0, 0.1) is 5.92 Å². The molecule has 3 fully saturated rings. The fraction of sp³-hybridized carbons (Fsp3) is 0.923. The van der Waals surface area contributed by atoms with Gasteiger partial charge in [0.25, 0.3) is 10.2 Å². The van der Waals surface area contributed by atoms with Crippen molar-refractivity contribution in [2.75, 3.05) is 19.7 Å². The second-order valence-corrected chi connectivity index (χ2v) is 8.10. The summed E-state index contributed by atoms with van der Waals surface area (Å²) in [7, 11) is -3.51. The summed E-state index contributed by atoms with van der Waals surface area (Å²) in [5, 5.41) is 9.18. The highest BCUT2D eigenvalue weighted by molar-refractivity contribution is 7.86. The number of aliphatic carboxylic acids is 1. The lowest BCUT2D eigenvalue weighted by molar-refractivity contribution is -0.143. The van der Waals surface area contributed by atoms with Crippen LogP contribution in [0.5, 0.6) is 0 Å². The van der Waals surface area contributed by atoms with E-state index in [9.17, 15) is 18.3 Å². The standard InChI is InChI=1S/C13H22N2O5S/c1-9-8-14(4-5-20-9)21(18,19)15-11-2-3-12(15)7-10(6-11)13(16)17/h9-12H,2-8H2,1H3,(H,16,17)/t9?,10?,11-,12+. The second kappa shape index (κ2) is 5.49. The van der Waals surface area contributed by atoms with Gasteiger partial charge in [-0.25, -0.2) is 0 Å². The third-order valence-corrected chi connectivity index (χ3v) is 6.93. The molecule has 3 rings (SSSR count). The minimum atomic E-state index is -3.51. The first-order valence-corrected chi connectivity index (χ1v) is 8.92. The van der Waals surface area contributed by atoms with Gasteiger partial charge in [-0.15, -0.1) is 0 Å². The summed E-state index contributed by atoms with van der Waals surface area (Å²) in [5.74, 6) is -1.21. The highest BCUT2D eigenvalue weighted by Crippen LogP contribution is 2.41. The zero-order chi connectivity index (χ0) is 15.2. The molecule has 0 amide bonds. The lowest BCUT2D eigenvalue weighted by Crippen LogP contribution is -2.56. The van der Waals surface area contributed by atoms with E-state index in [2.05, 4.69) is 0 Å². The molecule has 8 heteroatoms. The van der Waals surface area contributed by atoms with Gasteiger partial charge in [0.05, 0.1) is 18.6 Å². The fourth-order valence-corrected chi connectivity index (χ4v) is 5.95. The van der Waals surface area contributed by atoms with Crippen molar-refractivity contribution in [2.24, 2.45) is 5.92 Å². The summed E-state index contributed by atoms with van der Waals surface area (Å²) >= 11 is 0. The Balaban J connectivity index is 1.79. The van der Waals surface area contributed by atoms with Crippen LogP contribution in [0.4, 0.5) is 0 Å².